The van der Waals surface area contributed by atoms with E-state index in [1.807, 2.05) is 6.92 Å². The van der Waals surface area contributed by atoms with Crippen LogP contribution in [0.4, 0.5) is 11.5 Å². The van der Waals surface area contributed by atoms with E-state index in [0.29, 0.717) is 11.6 Å². The predicted molar refractivity (Wildman–Crippen MR) is 69.5 cm³/mol. The van der Waals surface area contributed by atoms with Gasteiger partial charge in [0.1, 0.15) is 11.6 Å². The topological polar surface area (TPSA) is 90.2 Å². The molecule has 0 saturated heterocycles. The monoisotopic (exact) mass is 260 g/mol. The molecule has 7 nitrogen and oxygen atoms in total. The largest absolute Gasteiger partial charge is 0.432 e. The van der Waals surface area contributed by atoms with Gasteiger partial charge in [-0.1, -0.05) is 0 Å². The molecule has 2 aromatic heterocycles. The van der Waals surface area contributed by atoms with E-state index in [0.717, 1.165) is 5.69 Å². The smallest absolute Gasteiger partial charge is 0.331 e. The molecule has 0 atom stereocenters. The first-order chi connectivity index (χ1) is 9.10. The molecular formula is C12H12N4O3. The van der Waals surface area contributed by atoms with E-state index in [2.05, 4.69) is 15.3 Å². The minimum atomic E-state index is -0.538. The van der Waals surface area contributed by atoms with Crippen molar-refractivity contribution in [1.82, 2.24) is 9.97 Å². The van der Waals surface area contributed by atoms with Crippen LogP contribution in [0.1, 0.15) is 5.69 Å². The Morgan fingerprint density at radius 1 is 1.32 bits per heavy atom. The van der Waals surface area contributed by atoms with Crippen molar-refractivity contribution in [3.8, 4) is 11.6 Å². The van der Waals surface area contributed by atoms with Gasteiger partial charge in [-0.15, -0.1) is 0 Å². The van der Waals surface area contributed by atoms with E-state index < -0.39 is 4.92 Å². The highest BCUT2D eigenvalue weighted by atomic mass is 16.6. The van der Waals surface area contributed by atoms with Gasteiger partial charge in [-0.05, 0) is 25.1 Å². The third kappa shape index (κ3) is 2.95. The van der Waals surface area contributed by atoms with Gasteiger partial charge in [0.05, 0.1) is 11.1 Å². The molecule has 0 aromatic carbocycles. The summed E-state index contributed by atoms with van der Waals surface area (Å²) in [4.78, 5) is 18.5. The number of pyridine rings is 2. The van der Waals surface area contributed by atoms with Gasteiger partial charge in [-0.2, -0.15) is 4.98 Å². The van der Waals surface area contributed by atoms with Gasteiger partial charge in [0.15, 0.2) is 0 Å². The molecule has 98 valence electrons. The zero-order chi connectivity index (χ0) is 13.8. The third-order valence-corrected chi connectivity index (χ3v) is 2.39. The summed E-state index contributed by atoms with van der Waals surface area (Å²) < 4.78 is 5.41. The summed E-state index contributed by atoms with van der Waals surface area (Å²) in [6.07, 6.45) is 1.49. The number of ether oxygens (including phenoxy) is 1. The van der Waals surface area contributed by atoms with Crippen LogP contribution < -0.4 is 10.1 Å². The molecule has 0 spiro atoms. The lowest BCUT2D eigenvalue weighted by molar-refractivity contribution is -0.386. The van der Waals surface area contributed by atoms with Gasteiger partial charge in [-0.25, -0.2) is 0 Å². The van der Waals surface area contributed by atoms with Crippen LogP contribution in [-0.2, 0) is 0 Å². The Morgan fingerprint density at radius 3 is 2.68 bits per heavy atom. The zero-order valence-corrected chi connectivity index (χ0v) is 10.5. The summed E-state index contributed by atoms with van der Waals surface area (Å²) in [5.41, 5.74) is 0.637. The van der Waals surface area contributed by atoms with Crippen LogP contribution in [0.5, 0.6) is 11.6 Å². The van der Waals surface area contributed by atoms with Crippen molar-refractivity contribution >= 4 is 11.5 Å². The predicted octanol–water partition coefficient (Wildman–Crippen LogP) is 2.53. The molecule has 0 aliphatic rings. The number of hydrogen-bond donors (Lipinski definition) is 1. The lowest BCUT2D eigenvalue weighted by atomic mass is 10.3. The minimum Gasteiger partial charge on any atom is -0.432 e. The molecule has 19 heavy (non-hydrogen) atoms. The van der Waals surface area contributed by atoms with E-state index in [1.54, 1.807) is 19.2 Å². The molecule has 0 bridgehead atoms. The SMILES string of the molecule is CNc1ccc([N+](=O)[O-])c(Oc2ccc(C)nc2)n1. The van der Waals surface area contributed by atoms with Gasteiger partial charge in [-0.3, -0.25) is 15.1 Å². The van der Waals surface area contributed by atoms with Crippen LogP contribution in [0, 0.1) is 17.0 Å². The highest BCUT2D eigenvalue weighted by Crippen LogP contribution is 2.30. The van der Waals surface area contributed by atoms with E-state index >= 15 is 0 Å². The highest BCUT2D eigenvalue weighted by molar-refractivity contribution is 5.50. The standard InChI is InChI=1S/C12H12N4O3/c1-8-3-4-9(7-14-8)19-12-10(16(17)18)5-6-11(13-2)15-12/h3-7H,1-2H3,(H,13,15). The summed E-state index contributed by atoms with van der Waals surface area (Å²) in [7, 11) is 1.67. The summed E-state index contributed by atoms with van der Waals surface area (Å²) in [5.74, 6) is 0.817. The van der Waals surface area contributed by atoms with Crippen molar-refractivity contribution in [2.24, 2.45) is 0 Å². The average molecular weight is 260 g/mol. The molecule has 0 unspecified atom stereocenters. The van der Waals surface area contributed by atoms with Crippen molar-refractivity contribution in [2.45, 2.75) is 6.92 Å². The number of nitrogens with zero attached hydrogens (tertiary/aromatic N) is 3. The molecule has 0 aliphatic heterocycles. The van der Waals surface area contributed by atoms with E-state index in [9.17, 15) is 10.1 Å². The molecule has 2 aromatic rings. The number of nitrogens with one attached hydrogen (secondary N) is 1. The first-order valence-corrected chi connectivity index (χ1v) is 5.54. The summed E-state index contributed by atoms with van der Waals surface area (Å²) in [5, 5.41) is 13.7. The molecule has 2 rings (SSSR count). The maximum atomic E-state index is 10.9. The van der Waals surface area contributed by atoms with Crippen LogP contribution in [0.2, 0.25) is 0 Å². The molecule has 0 saturated carbocycles. The Bertz CT molecular complexity index is 598. The van der Waals surface area contributed by atoms with Gasteiger partial charge < -0.3 is 10.1 Å². The Hall–Kier alpha value is -2.70. The summed E-state index contributed by atoms with van der Waals surface area (Å²) in [6, 6.07) is 6.29. The number of nitro groups is 1. The molecule has 2 heterocycles. The molecule has 0 aliphatic carbocycles. The summed E-state index contributed by atoms with van der Waals surface area (Å²) in [6.45, 7) is 1.84. The van der Waals surface area contributed by atoms with E-state index in [1.165, 1.54) is 18.3 Å². The fourth-order valence-electron chi connectivity index (χ4n) is 1.41. The molecule has 1 N–H and O–H groups in total. The van der Waals surface area contributed by atoms with Crippen molar-refractivity contribution in [2.75, 3.05) is 12.4 Å². The normalized spacial score (nSPS) is 10.0. The second kappa shape index (κ2) is 5.30. The first kappa shape index (κ1) is 12.7. The lowest BCUT2D eigenvalue weighted by Crippen LogP contribution is -1.99. The highest BCUT2D eigenvalue weighted by Gasteiger charge is 2.18. The van der Waals surface area contributed by atoms with Crippen molar-refractivity contribution in [3.05, 3.63) is 46.3 Å². The number of anilines is 1. The van der Waals surface area contributed by atoms with Crippen LogP contribution in [0.3, 0.4) is 0 Å². The van der Waals surface area contributed by atoms with Gasteiger partial charge >= 0.3 is 11.6 Å². The second-order valence-electron chi connectivity index (χ2n) is 3.77. The second-order valence-corrected chi connectivity index (χ2v) is 3.77. The maximum Gasteiger partial charge on any atom is 0.331 e. The van der Waals surface area contributed by atoms with Gasteiger partial charge in [0.2, 0.25) is 0 Å². The molecular weight excluding hydrogens is 248 g/mol. The molecule has 0 amide bonds. The van der Waals surface area contributed by atoms with Crippen LogP contribution >= 0.6 is 0 Å². The number of aromatic nitrogens is 2. The van der Waals surface area contributed by atoms with E-state index in [-0.39, 0.29) is 11.6 Å². The fourth-order valence-corrected chi connectivity index (χ4v) is 1.41. The Kier molecular flexibility index (Phi) is 3.56. The van der Waals surface area contributed by atoms with Crippen molar-refractivity contribution < 1.29 is 9.66 Å². The van der Waals surface area contributed by atoms with Crippen LogP contribution in [0.15, 0.2) is 30.5 Å². The van der Waals surface area contributed by atoms with Gasteiger partial charge in [0.25, 0.3) is 0 Å². The fraction of sp³-hybridized carbons (Fsp3) is 0.167. The molecule has 0 radical (unpaired) electrons. The molecule has 7 heteroatoms. The van der Waals surface area contributed by atoms with Crippen molar-refractivity contribution in [3.63, 3.8) is 0 Å². The van der Waals surface area contributed by atoms with E-state index in [4.69, 9.17) is 4.74 Å². The number of hydrogen-bond acceptors (Lipinski definition) is 6. The Labute approximate surface area is 109 Å². The van der Waals surface area contributed by atoms with Crippen LogP contribution in [0.25, 0.3) is 0 Å². The average Bonchev–Trinajstić information content (AvgIpc) is 2.41. The van der Waals surface area contributed by atoms with Crippen LogP contribution in [-0.4, -0.2) is 21.9 Å². The Balaban J connectivity index is 2.36. The number of aryl methyl sites for hydroxylation is 1. The van der Waals surface area contributed by atoms with Gasteiger partial charge in [0, 0.05) is 18.8 Å². The minimum absolute atomic E-state index is 0.0671. The molecule has 0 fully saturated rings. The quantitative estimate of drug-likeness (QED) is 0.671. The summed E-state index contributed by atoms with van der Waals surface area (Å²) >= 11 is 0. The Morgan fingerprint density at radius 2 is 2.11 bits per heavy atom. The van der Waals surface area contributed by atoms with Crippen molar-refractivity contribution in [1.29, 1.82) is 0 Å². The zero-order valence-electron chi connectivity index (χ0n) is 10.5. The first-order valence-electron chi connectivity index (χ1n) is 5.54. The third-order valence-electron chi connectivity index (χ3n) is 2.39. The lowest BCUT2D eigenvalue weighted by Gasteiger charge is -2.07. The maximum absolute atomic E-state index is 10.9. The number of rotatable bonds is 4.